The molecule has 1 aromatic heterocycles. The summed E-state index contributed by atoms with van der Waals surface area (Å²) in [6.07, 6.45) is 2.70. The standard InChI is InChI=1S/C28H32FN5O/c1-20-10-11-22(17-21(20)2)24-18-27(26-9-6-12-31(26)3)34(30-24)28(35)19-32-13-15-33(16-14-32)25-8-5-4-7-23(25)29/h4-12,17,27H,13-16,18-19H2,1-3H3. The Bertz CT molecular complexity index is 1260. The number of aryl methyl sites for hydroxylation is 3. The van der Waals surface area contributed by atoms with Gasteiger partial charge in [0.05, 0.1) is 17.9 Å². The van der Waals surface area contributed by atoms with Crippen molar-refractivity contribution in [3.63, 3.8) is 0 Å². The number of rotatable bonds is 5. The first-order valence-corrected chi connectivity index (χ1v) is 12.2. The number of carbonyl (C=O) groups excluding carboxylic acids is 1. The topological polar surface area (TPSA) is 44.1 Å². The summed E-state index contributed by atoms with van der Waals surface area (Å²) in [6, 6.07) is 17.2. The monoisotopic (exact) mass is 473 g/mol. The molecule has 0 bridgehead atoms. The molecule has 0 spiro atoms. The zero-order valence-electron chi connectivity index (χ0n) is 20.6. The Morgan fingerprint density at radius 2 is 1.77 bits per heavy atom. The van der Waals surface area contributed by atoms with Gasteiger partial charge in [-0.05, 0) is 60.9 Å². The summed E-state index contributed by atoms with van der Waals surface area (Å²) in [7, 11) is 2.01. The molecule has 3 aromatic rings. The molecule has 7 heteroatoms. The van der Waals surface area contributed by atoms with Crippen LogP contribution in [0.1, 0.15) is 34.8 Å². The number of nitrogens with zero attached hydrogens (tertiary/aromatic N) is 5. The summed E-state index contributed by atoms with van der Waals surface area (Å²) in [4.78, 5) is 17.7. The van der Waals surface area contributed by atoms with Crippen LogP contribution < -0.4 is 4.90 Å². The van der Waals surface area contributed by atoms with Crippen LogP contribution in [0.5, 0.6) is 0 Å². The summed E-state index contributed by atoms with van der Waals surface area (Å²) in [6.45, 7) is 7.29. The first-order valence-electron chi connectivity index (χ1n) is 12.2. The highest BCUT2D eigenvalue weighted by atomic mass is 19.1. The highest BCUT2D eigenvalue weighted by molar-refractivity contribution is 6.03. The molecule has 1 fully saturated rings. The van der Waals surface area contributed by atoms with Gasteiger partial charge >= 0.3 is 0 Å². The number of para-hydroxylation sites is 1. The second-order valence-electron chi connectivity index (χ2n) is 9.56. The SMILES string of the molecule is Cc1ccc(C2=NN(C(=O)CN3CCN(c4ccccc4F)CC3)C(c3cccn3C)C2)cc1C. The fourth-order valence-corrected chi connectivity index (χ4v) is 5.01. The average Bonchev–Trinajstić information content (AvgIpc) is 3.48. The third-order valence-corrected chi connectivity index (χ3v) is 7.26. The number of halogens is 1. The predicted molar refractivity (Wildman–Crippen MR) is 137 cm³/mol. The van der Waals surface area contributed by atoms with Crippen molar-refractivity contribution < 1.29 is 9.18 Å². The van der Waals surface area contributed by atoms with Crippen LogP contribution >= 0.6 is 0 Å². The molecular formula is C28H32FN5O. The second kappa shape index (κ2) is 9.66. The van der Waals surface area contributed by atoms with Crippen molar-refractivity contribution in [3.8, 4) is 0 Å². The molecule has 0 aliphatic carbocycles. The quantitative estimate of drug-likeness (QED) is 0.556. The highest BCUT2D eigenvalue weighted by Gasteiger charge is 2.35. The van der Waals surface area contributed by atoms with Gasteiger partial charge in [-0.3, -0.25) is 9.69 Å². The minimum absolute atomic E-state index is 0.00521. The smallest absolute Gasteiger partial charge is 0.257 e. The van der Waals surface area contributed by atoms with Crippen LogP contribution in [0.4, 0.5) is 10.1 Å². The predicted octanol–water partition coefficient (Wildman–Crippen LogP) is 4.28. The van der Waals surface area contributed by atoms with E-state index in [1.165, 1.54) is 17.2 Å². The third-order valence-electron chi connectivity index (χ3n) is 7.26. The van der Waals surface area contributed by atoms with Crippen molar-refractivity contribution in [3.05, 3.63) is 89.0 Å². The largest absolute Gasteiger partial charge is 0.367 e. The molecule has 3 heterocycles. The molecule has 1 atom stereocenters. The van der Waals surface area contributed by atoms with E-state index in [2.05, 4.69) is 52.5 Å². The van der Waals surface area contributed by atoms with Crippen molar-refractivity contribution >= 4 is 17.3 Å². The number of benzene rings is 2. The van der Waals surface area contributed by atoms with Crippen molar-refractivity contribution in [2.45, 2.75) is 26.3 Å². The molecule has 0 saturated carbocycles. The van der Waals surface area contributed by atoms with Crippen LogP contribution in [0.25, 0.3) is 0 Å². The van der Waals surface area contributed by atoms with Gasteiger partial charge in [-0.25, -0.2) is 9.40 Å². The number of anilines is 1. The lowest BCUT2D eigenvalue weighted by molar-refractivity contribution is -0.134. The molecule has 2 aliphatic heterocycles. The highest BCUT2D eigenvalue weighted by Crippen LogP contribution is 2.33. The van der Waals surface area contributed by atoms with Crippen LogP contribution in [0.2, 0.25) is 0 Å². The minimum Gasteiger partial charge on any atom is -0.367 e. The molecule has 0 N–H and O–H groups in total. The average molecular weight is 474 g/mol. The molecule has 1 unspecified atom stereocenters. The van der Waals surface area contributed by atoms with Gasteiger partial charge < -0.3 is 9.47 Å². The van der Waals surface area contributed by atoms with Crippen LogP contribution in [-0.4, -0.2) is 58.8 Å². The summed E-state index contributed by atoms with van der Waals surface area (Å²) >= 11 is 0. The number of hydrogen-bond acceptors (Lipinski definition) is 4. The van der Waals surface area contributed by atoms with E-state index in [9.17, 15) is 9.18 Å². The van der Waals surface area contributed by atoms with Gasteiger partial charge in [-0.2, -0.15) is 5.10 Å². The van der Waals surface area contributed by atoms with E-state index < -0.39 is 0 Å². The fourth-order valence-electron chi connectivity index (χ4n) is 5.01. The van der Waals surface area contributed by atoms with Crippen molar-refractivity contribution in [2.24, 2.45) is 12.1 Å². The molecule has 2 aromatic carbocycles. The van der Waals surface area contributed by atoms with Gasteiger partial charge in [0.1, 0.15) is 11.9 Å². The molecule has 6 nitrogen and oxygen atoms in total. The molecule has 1 saturated heterocycles. The number of hydrazone groups is 1. The first-order chi connectivity index (χ1) is 16.9. The number of carbonyl (C=O) groups is 1. The van der Waals surface area contributed by atoms with E-state index in [0.29, 0.717) is 44.8 Å². The molecular weight excluding hydrogens is 441 g/mol. The molecule has 182 valence electrons. The Kier molecular flexibility index (Phi) is 6.43. The summed E-state index contributed by atoms with van der Waals surface area (Å²) in [5.41, 5.74) is 6.18. The van der Waals surface area contributed by atoms with Crippen LogP contribution in [-0.2, 0) is 11.8 Å². The maximum absolute atomic E-state index is 14.2. The zero-order chi connectivity index (χ0) is 24.5. The molecule has 35 heavy (non-hydrogen) atoms. The molecule has 0 radical (unpaired) electrons. The van der Waals surface area contributed by atoms with E-state index in [1.807, 2.05) is 31.4 Å². The van der Waals surface area contributed by atoms with Gasteiger partial charge in [0.15, 0.2) is 0 Å². The molecule has 2 aliphatic rings. The van der Waals surface area contributed by atoms with Crippen molar-refractivity contribution in [2.75, 3.05) is 37.6 Å². The Balaban J connectivity index is 1.31. The first kappa shape index (κ1) is 23.3. The lowest BCUT2D eigenvalue weighted by Gasteiger charge is -2.36. The van der Waals surface area contributed by atoms with E-state index in [1.54, 1.807) is 11.1 Å². The summed E-state index contributed by atoms with van der Waals surface area (Å²) in [5, 5.41) is 6.53. The normalized spacial score (nSPS) is 18.7. The Morgan fingerprint density at radius 1 is 1.00 bits per heavy atom. The number of piperazine rings is 1. The zero-order valence-corrected chi connectivity index (χ0v) is 20.6. The van der Waals surface area contributed by atoms with Gasteiger partial charge in [0.2, 0.25) is 0 Å². The Labute approximate surface area is 206 Å². The van der Waals surface area contributed by atoms with Gasteiger partial charge in [0.25, 0.3) is 5.91 Å². The third kappa shape index (κ3) is 4.73. The lowest BCUT2D eigenvalue weighted by Crippen LogP contribution is -2.49. The van der Waals surface area contributed by atoms with Crippen LogP contribution in [0.3, 0.4) is 0 Å². The minimum atomic E-state index is -0.201. The maximum Gasteiger partial charge on any atom is 0.257 e. The summed E-state index contributed by atoms with van der Waals surface area (Å²) < 4.78 is 16.3. The lowest BCUT2D eigenvalue weighted by atomic mass is 9.98. The van der Waals surface area contributed by atoms with E-state index in [-0.39, 0.29) is 17.8 Å². The van der Waals surface area contributed by atoms with Gasteiger partial charge in [-0.1, -0.05) is 24.3 Å². The fraction of sp³-hybridized carbons (Fsp3) is 0.357. The van der Waals surface area contributed by atoms with Crippen molar-refractivity contribution in [1.82, 2.24) is 14.5 Å². The maximum atomic E-state index is 14.2. The molecule has 5 rings (SSSR count). The number of aromatic nitrogens is 1. The van der Waals surface area contributed by atoms with Gasteiger partial charge in [0, 0.05) is 51.5 Å². The second-order valence-corrected chi connectivity index (χ2v) is 9.56. The molecule has 1 amide bonds. The Hall–Kier alpha value is -3.45. The van der Waals surface area contributed by atoms with Crippen LogP contribution in [0, 0.1) is 19.7 Å². The van der Waals surface area contributed by atoms with E-state index in [4.69, 9.17) is 5.10 Å². The van der Waals surface area contributed by atoms with Crippen molar-refractivity contribution in [1.29, 1.82) is 0 Å². The van der Waals surface area contributed by atoms with Crippen LogP contribution in [0.15, 0.2) is 65.9 Å². The summed E-state index contributed by atoms with van der Waals surface area (Å²) in [5.74, 6) is -0.206. The number of amides is 1. The van der Waals surface area contributed by atoms with Gasteiger partial charge in [-0.15, -0.1) is 0 Å². The number of hydrogen-bond donors (Lipinski definition) is 0. The van der Waals surface area contributed by atoms with E-state index in [0.717, 1.165) is 17.0 Å². The Morgan fingerprint density at radius 3 is 2.46 bits per heavy atom. The van der Waals surface area contributed by atoms with E-state index >= 15 is 0 Å².